The van der Waals surface area contributed by atoms with Crippen LogP contribution in [-0.2, 0) is 4.74 Å². The summed E-state index contributed by atoms with van der Waals surface area (Å²) >= 11 is 0. The lowest BCUT2D eigenvalue weighted by atomic mass is 10.1. The smallest absolute Gasteiger partial charge is 0.155 e. The van der Waals surface area contributed by atoms with Crippen LogP contribution in [-0.4, -0.2) is 29.3 Å². The van der Waals surface area contributed by atoms with Gasteiger partial charge in [-0.25, -0.2) is 0 Å². The van der Waals surface area contributed by atoms with Gasteiger partial charge in [0.15, 0.2) is 6.29 Å². The number of rotatable bonds is 8. The summed E-state index contributed by atoms with van der Waals surface area (Å²) in [6, 6.07) is 0. The molecule has 0 aliphatic carbocycles. The predicted octanol–water partition coefficient (Wildman–Crippen LogP) is 3.16. The van der Waals surface area contributed by atoms with E-state index in [1.54, 1.807) is 0 Å². The molecule has 0 spiro atoms. The van der Waals surface area contributed by atoms with E-state index in [4.69, 9.17) is 4.74 Å². The van der Waals surface area contributed by atoms with E-state index in [2.05, 4.69) is 18.8 Å². The monoisotopic (exact) mass is 229 g/mol. The Morgan fingerprint density at radius 2 is 2.00 bits per heavy atom. The first-order valence-electron chi connectivity index (χ1n) is 6.27. The van der Waals surface area contributed by atoms with Crippen molar-refractivity contribution in [1.82, 2.24) is 0 Å². The minimum atomic E-state index is -0.660. The number of hydrogen-bond acceptors (Lipinski definition) is 3. The van der Waals surface area contributed by atoms with Gasteiger partial charge in [-0.15, -0.1) is 0 Å². The first-order valence-corrected chi connectivity index (χ1v) is 6.27. The summed E-state index contributed by atoms with van der Waals surface area (Å²) in [7, 11) is 0. The summed E-state index contributed by atoms with van der Waals surface area (Å²) < 4.78 is 5.53. The van der Waals surface area contributed by atoms with Gasteiger partial charge in [0.1, 0.15) is 0 Å². The fraction of sp³-hybridized carbons (Fsp3) is 0.923. The largest absolute Gasteiger partial charge is 0.368 e. The summed E-state index contributed by atoms with van der Waals surface area (Å²) in [5, 5.41) is 9.67. The van der Waals surface area contributed by atoms with Crippen molar-refractivity contribution in [3.63, 3.8) is 0 Å². The molecule has 16 heavy (non-hydrogen) atoms. The molecule has 0 aromatic heterocycles. The predicted molar refractivity (Wildman–Crippen MR) is 69.0 cm³/mol. The first kappa shape index (κ1) is 15.6. The molecule has 0 rings (SSSR count). The molecule has 0 heterocycles. The quantitative estimate of drug-likeness (QED) is 0.394. The molecule has 0 saturated carbocycles. The molecule has 0 amide bonds. The molecular weight excluding hydrogens is 202 g/mol. The molecule has 0 aromatic rings. The Hall–Kier alpha value is -0.410. The third-order valence-electron chi connectivity index (χ3n) is 2.81. The van der Waals surface area contributed by atoms with Gasteiger partial charge in [0, 0.05) is 12.3 Å². The van der Waals surface area contributed by atoms with E-state index >= 15 is 0 Å². The molecule has 0 fully saturated rings. The number of aliphatic imine (C=N–C) groups is 1. The van der Waals surface area contributed by atoms with E-state index in [1.165, 1.54) is 5.71 Å². The Kier molecular flexibility index (Phi) is 7.60. The van der Waals surface area contributed by atoms with E-state index in [0.717, 1.165) is 25.8 Å². The Morgan fingerprint density at radius 1 is 1.38 bits per heavy atom. The molecule has 1 unspecified atom stereocenters. The van der Waals surface area contributed by atoms with Gasteiger partial charge in [0.05, 0.1) is 5.60 Å². The van der Waals surface area contributed by atoms with Crippen molar-refractivity contribution in [3.8, 4) is 0 Å². The van der Waals surface area contributed by atoms with E-state index in [-0.39, 0.29) is 5.60 Å². The molecule has 1 atom stereocenters. The van der Waals surface area contributed by atoms with E-state index in [1.807, 2.05) is 20.8 Å². The maximum Gasteiger partial charge on any atom is 0.155 e. The Morgan fingerprint density at radius 3 is 2.50 bits per heavy atom. The van der Waals surface area contributed by atoms with Crippen molar-refractivity contribution in [2.24, 2.45) is 4.99 Å². The molecule has 0 radical (unpaired) electrons. The summed E-state index contributed by atoms with van der Waals surface area (Å²) in [6.45, 7) is 11.0. The highest BCUT2D eigenvalue weighted by Crippen LogP contribution is 2.17. The van der Waals surface area contributed by atoms with Crippen LogP contribution in [0.1, 0.15) is 60.3 Å². The first-order chi connectivity index (χ1) is 7.41. The van der Waals surface area contributed by atoms with Crippen LogP contribution in [0.25, 0.3) is 0 Å². The molecule has 0 bridgehead atoms. The second-order valence-corrected chi connectivity index (χ2v) is 4.80. The van der Waals surface area contributed by atoms with Crippen molar-refractivity contribution in [2.45, 2.75) is 72.2 Å². The molecule has 1 N–H and O–H groups in total. The highest BCUT2D eigenvalue weighted by molar-refractivity contribution is 5.81. The fourth-order valence-electron chi connectivity index (χ4n) is 1.16. The normalized spacial score (nSPS) is 15.2. The minimum absolute atomic E-state index is 0.234. The molecule has 0 aliphatic heterocycles. The van der Waals surface area contributed by atoms with Gasteiger partial charge in [-0.1, -0.05) is 13.8 Å². The van der Waals surface area contributed by atoms with E-state index < -0.39 is 6.29 Å². The maximum atomic E-state index is 9.67. The van der Waals surface area contributed by atoms with Gasteiger partial charge in [0.2, 0.25) is 0 Å². The molecule has 0 aromatic carbocycles. The van der Waals surface area contributed by atoms with Gasteiger partial charge in [-0.05, 0) is 46.5 Å². The molecular formula is C13H27NO2. The van der Waals surface area contributed by atoms with Crippen LogP contribution >= 0.6 is 0 Å². The summed E-state index contributed by atoms with van der Waals surface area (Å²) in [4.78, 5) is 4.38. The number of hydrogen-bond donors (Lipinski definition) is 1. The molecule has 96 valence electrons. The number of aliphatic hydroxyl groups excluding tert-OH is 1. The van der Waals surface area contributed by atoms with Crippen molar-refractivity contribution in [3.05, 3.63) is 0 Å². The Balaban J connectivity index is 3.70. The van der Waals surface area contributed by atoms with Crippen molar-refractivity contribution in [2.75, 3.05) is 6.54 Å². The van der Waals surface area contributed by atoms with Crippen molar-refractivity contribution >= 4 is 5.71 Å². The van der Waals surface area contributed by atoms with Crippen molar-refractivity contribution in [1.29, 1.82) is 0 Å². The lowest BCUT2D eigenvalue weighted by Crippen LogP contribution is -2.29. The SMILES string of the molecule is CCC(C)=NCCCC(O)OC(C)(C)CC. The van der Waals surface area contributed by atoms with Gasteiger partial charge < -0.3 is 9.84 Å². The van der Waals surface area contributed by atoms with Crippen LogP contribution < -0.4 is 0 Å². The van der Waals surface area contributed by atoms with Gasteiger partial charge >= 0.3 is 0 Å². The summed E-state index contributed by atoms with van der Waals surface area (Å²) in [5.41, 5.74) is 0.937. The van der Waals surface area contributed by atoms with Crippen LogP contribution in [0.2, 0.25) is 0 Å². The van der Waals surface area contributed by atoms with E-state index in [0.29, 0.717) is 6.42 Å². The standard InChI is InChI=1S/C13H27NO2/c1-6-11(3)14-10-8-9-12(15)16-13(4,5)7-2/h12,15H,6-10H2,1-5H3. The Bertz CT molecular complexity index is 212. The van der Waals surface area contributed by atoms with Crippen LogP contribution in [0, 0.1) is 0 Å². The van der Waals surface area contributed by atoms with Gasteiger partial charge in [0.25, 0.3) is 0 Å². The lowest BCUT2D eigenvalue weighted by Gasteiger charge is -2.26. The molecule has 0 aliphatic rings. The number of nitrogens with zero attached hydrogens (tertiary/aromatic N) is 1. The van der Waals surface area contributed by atoms with Crippen LogP contribution in [0.3, 0.4) is 0 Å². The zero-order chi connectivity index (χ0) is 12.6. The summed E-state index contributed by atoms with van der Waals surface area (Å²) in [5.74, 6) is 0. The summed E-state index contributed by atoms with van der Waals surface area (Å²) in [6.07, 6.45) is 2.77. The fourth-order valence-corrected chi connectivity index (χ4v) is 1.16. The minimum Gasteiger partial charge on any atom is -0.368 e. The van der Waals surface area contributed by atoms with Gasteiger partial charge in [-0.2, -0.15) is 0 Å². The second-order valence-electron chi connectivity index (χ2n) is 4.80. The maximum absolute atomic E-state index is 9.67. The third-order valence-corrected chi connectivity index (χ3v) is 2.81. The molecule has 0 saturated heterocycles. The zero-order valence-electron chi connectivity index (χ0n) is 11.4. The highest BCUT2D eigenvalue weighted by Gasteiger charge is 2.19. The zero-order valence-corrected chi connectivity index (χ0v) is 11.4. The van der Waals surface area contributed by atoms with Gasteiger partial charge in [-0.3, -0.25) is 4.99 Å². The van der Waals surface area contributed by atoms with Crippen LogP contribution in [0.5, 0.6) is 0 Å². The lowest BCUT2D eigenvalue weighted by molar-refractivity contribution is -0.176. The average Bonchev–Trinajstić information content (AvgIpc) is 2.23. The van der Waals surface area contributed by atoms with Crippen LogP contribution in [0.15, 0.2) is 4.99 Å². The second kappa shape index (κ2) is 7.80. The van der Waals surface area contributed by atoms with Crippen LogP contribution in [0.4, 0.5) is 0 Å². The number of aliphatic hydroxyl groups is 1. The molecule has 3 heteroatoms. The average molecular weight is 229 g/mol. The third kappa shape index (κ3) is 7.83. The topological polar surface area (TPSA) is 41.8 Å². The molecule has 3 nitrogen and oxygen atoms in total. The van der Waals surface area contributed by atoms with E-state index in [9.17, 15) is 5.11 Å². The van der Waals surface area contributed by atoms with Crippen molar-refractivity contribution < 1.29 is 9.84 Å². The highest BCUT2D eigenvalue weighted by atomic mass is 16.6. The Labute approximate surface area is 99.9 Å². The number of ether oxygens (including phenoxy) is 1.